The Hall–Kier alpha value is -0.0800. The van der Waals surface area contributed by atoms with Gasteiger partial charge in [-0.3, -0.25) is 0 Å². The lowest BCUT2D eigenvalue weighted by atomic mass is 10.0. The van der Waals surface area contributed by atoms with Gasteiger partial charge in [-0.05, 0) is 36.5 Å². The molecule has 2 N–H and O–H groups in total. The van der Waals surface area contributed by atoms with Gasteiger partial charge in [0.25, 0.3) is 0 Å². The van der Waals surface area contributed by atoms with E-state index in [1.807, 2.05) is 0 Å². The van der Waals surface area contributed by atoms with Gasteiger partial charge >= 0.3 is 0 Å². The van der Waals surface area contributed by atoms with E-state index in [1.54, 1.807) is 0 Å². The van der Waals surface area contributed by atoms with Gasteiger partial charge in [-0.25, -0.2) is 0 Å². The first kappa shape index (κ1) is 8.52. The first-order chi connectivity index (χ1) is 5.61. The fourth-order valence-electron chi connectivity index (χ4n) is 2.16. The van der Waals surface area contributed by atoms with E-state index in [4.69, 9.17) is 0 Å². The topological polar surface area (TPSA) is 40.5 Å². The van der Waals surface area contributed by atoms with Crippen LogP contribution in [0.2, 0.25) is 0 Å². The zero-order valence-electron chi connectivity index (χ0n) is 7.77. The molecule has 70 valence electrons. The smallest absolute Gasteiger partial charge is 0.0832 e. The summed E-state index contributed by atoms with van der Waals surface area (Å²) in [5, 5.41) is 19.4. The Kier molecular flexibility index (Phi) is 1.92. The van der Waals surface area contributed by atoms with Crippen molar-refractivity contribution in [1.29, 1.82) is 0 Å². The van der Waals surface area contributed by atoms with Crippen molar-refractivity contribution in [1.82, 2.24) is 0 Å². The van der Waals surface area contributed by atoms with E-state index < -0.39 is 12.2 Å². The van der Waals surface area contributed by atoms with Gasteiger partial charge in [-0.1, -0.05) is 13.8 Å². The average molecular weight is 170 g/mol. The standard InChI is InChI=1S/C10H18O2/c1-5-3-7(5)9(11)10(12)8-4-6(8)2/h5-12H,3-4H2,1-2H3/t5-,6-,7-,8-,9+,10+/m0/s1. The predicted molar refractivity (Wildman–Crippen MR) is 46.6 cm³/mol. The van der Waals surface area contributed by atoms with Crippen LogP contribution in [0, 0.1) is 23.7 Å². The summed E-state index contributed by atoms with van der Waals surface area (Å²) in [5.74, 6) is 2.02. The van der Waals surface area contributed by atoms with Gasteiger partial charge in [-0.15, -0.1) is 0 Å². The number of aliphatic hydroxyl groups excluding tert-OH is 2. The Labute approximate surface area is 73.6 Å². The van der Waals surface area contributed by atoms with Crippen molar-refractivity contribution in [3.05, 3.63) is 0 Å². The molecule has 2 aliphatic rings. The molecule has 0 aliphatic heterocycles. The highest BCUT2D eigenvalue weighted by atomic mass is 16.3. The van der Waals surface area contributed by atoms with Gasteiger partial charge in [0.05, 0.1) is 12.2 Å². The summed E-state index contributed by atoms with van der Waals surface area (Å²) in [5.41, 5.74) is 0. The molecule has 0 bridgehead atoms. The molecular formula is C10H18O2. The maximum atomic E-state index is 9.71. The van der Waals surface area contributed by atoms with Crippen LogP contribution in [0.5, 0.6) is 0 Å². The van der Waals surface area contributed by atoms with E-state index in [9.17, 15) is 10.2 Å². The third kappa shape index (κ3) is 1.38. The minimum absolute atomic E-state index is 0.382. The molecule has 0 heterocycles. The molecule has 0 spiro atoms. The molecule has 2 nitrogen and oxygen atoms in total. The van der Waals surface area contributed by atoms with Crippen molar-refractivity contribution in [2.24, 2.45) is 23.7 Å². The van der Waals surface area contributed by atoms with Gasteiger partial charge in [-0.2, -0.15) is 0 Å². The Morgan fingerprint density at radius 1 is 0.917 bits per heavy atom. The molecular weight excluding hydrogens is 152 g/mol. The molecule has 0 saturated heterocycles. The highest BCUT2D eigenvalue weighted by Crippen LogP contribution is 2.47. The normalized spacial score (nSPS) is 50.0. The fourth-order valence-corrected chi connectivity index (χ4v) is 2.16. The highest BCUT2D eigenvalue weighted by Gasteiger charge is 2.48. The van der Waals surface area contributed by atoms with E-state index in [1.165, 1.54) is 0 Å². The first-order valence-corrected chi connectivity index (χ1v) is 4.97. The van der Waals surface area contributed by atoms with Crippen molar-refractivity contribution >= 4 is 0 Å². The van der Waals surface area contributed by atoms with Crippen molar-refractivity contribution in [3.63, 3.8) is 0 Å². The Balaban J connectivity index is 1.83. The van der Waals surface area contributed by atoms with Crippen LogP contribution in [0.4, 0.5) is 0 Å². The minimum Gasteiger partial charge on any atom is -0.390 e. The van der Waals surface area contributed by atoms with E-state index >= 15 is 0 Å². The molecule has 6 atom stereocenters. The van der Waals surface area contributed by atoms with E-state index in [-0.39, 0.29) is 0 Å². The monoisotopic (exact) mass is 170 g/mol. The summed E-state index contributed by atoms with van der Waals surface area (Å²) < 4.78 is 0. The molecule has 2 heteroatoms. The molecule has 0 aromatic carbocycles. The molecule has 2 aliphatic carbocycles. The summed E-state index contributed by atoms with van der Waals surface area (Å²) in [6.07, 6.45) is 1.29. The SMILES string of the molecule is C[C@H]1C[C@@H]1[C@@H](O)[C@H](O)[C@H]1C[C@@H]1C. The summed E-state index contributed by atoms with van der Waals surface area (Å²) in [7, 11) is 0. The molecule has 0 radical (unpaired) electrons. The summed E-state index contributed by atoms with van der Waals surface area (Å²) in [6, 6.07) is 0. The second-order valence-corrected chi connectivity index (χ2v) is 4.73. The maximum Gasteiger partial charge on any atom is 0.0832 e. The second-order valence-electron chi connectivity index (χ2n) is 4.73. The van der Waals surface area contributed by atoms with Crippen molar-refractivity contribution in [3.8, 4) is 0 Å². The van der Waals surface area contributed by atoms with Crippen molar-refractivity contribution in [2.45, 2.75) is 38.9 Å². The lowest BCUT2D eigenvalue weighted by Gasteiger charge is -2.17. The molecule has 2 fully saturated rings. The van der Waals surface area contributed by atoms with Crippen LogP contribution >= 0.6 is 0 Å². The summed E-state index contributed by atoms with van der Waals surface area (Å²) in [4.78, 5) is 0. The second kappa shape index (κ2) is 2.71. The van der Waals surface area contributed by atoms with Gasteiger partial charge < -0.3 is 10.2 Å². The maximum absolute atomic E-state index is 9.71. The number of hydrogen-bond acceptors (Lipinski definition) is 2. The van der Waals surface area contributed by atoms with Crippen LogP contribution in [-0.4, -0.2) is 22.4 Å². The predicted octanol–water partition coefficient (Wildman–Crippen LogP) is 1.02. The molecule has 12 heavy (non-hydrogen) atoms. The third-order valence-electron chi connectivity index (χ3n) is 3.57. The number of hydrogen-bond donors (Lipinski definition) is 2. The summed E-state index contributed by atoms with van der Waals surface area (Å²) >= 11 is 0. The lowest BCUT2D eigenvalue weighted by Crippen LogP contribution is -2.30. The molecule has 0 aromatic rings. The van der Waals surface area contributed by atoms with Gasteiger partial charge in [0, 0.05) is 0 Å². The largest absolute Gasteiger partial charge is 0.390 e. The zero-order chi connectivity index (χ0) is 8.88. The average Bonchev–Trinajstić information content (AvgIpc) is 2.88. The zero-order valence-corrected chi connectivity index (χ0v) is 7.77. The molecule has 2 rings (SSSR count). The van der Waals surface area contributed by atoms with E-state index in [2.05, 4.69) is 13.8 Å². The first-order valence-electron chi connectivity index (χ1n) is 4.97. The molecule has 2 saturated carbocycles. The number of aliphatic hydroxyl groups is 2. The quantitative estimate of drug-likeness (QED) is 0.664. The van der Waals surface area contributed by atoms with E-state index in [0.717, 1.165) is 12.8 Å². The minimum atomic E-state index is -0.449. The summed E-state index contributed by atoms with van der Waals surface area (Å²) in [6.45, 7) is 4.27. The Morgan fingerprint density at radius 3 is 1.33 bits per heavy atom. The van der Waals surface area contributed by atoms with Crippen LogP contribution in [0.3, 0.4) is 0 Å². The highest BCUT2D eigenvalue weighted by molar-refractivity contribution is 4.98. The van der Waals surface area contributed by atoms with Crippen LogP contribution in [0.25, 0.3) is 0 Å². The van der Waals surface area contributed by atoms with Crippen LogP contribution in [0.1, 0.15) is 26.7 Å². The van der Waals surface area contributed by atoms with Gasteiger partial charge in [0.1, 0.15) is 0 Å². The van der Waals surface area contributed by atoms with Crippen molar-refractivity contribution < 1.29 is 10.2 Å². The van der Waals surface area contributed by atoms with E-state index in [0.29, 0.717) is 23.7 Å². The Bertz CT molecular complexity index is 161. The third-order valence-corrected chi connectivity index (χ3v) is 3.57. The van der Waals surface area contributed by atoms with Crippen molar-refractivity contribution in [2.75, 3.05) is 0 Å². The Morgan fingerprint density at radius 2 is 1.17 bits per heavy atom. The van der Waals surface area contributed by atoms with Gasteiger partial charge in [0.2, 0.25) is 0 Å². The number of rotatable bonds is 3. The lowest BCUT2D eigenvalue weighted by molar-refractivity contribution is -0.0115. The van der Waals surface area contributed by atoms with Crippen LogP contribution in [-0.2, 0) is 0 Å². The molecule has 0 aromatic heterocycles. The van der Waals surface area contributed by atoms with Gasteiger partial charge in [0.15, 0.2) is 0 Å². The fraction of sp³-hybridized carbons (Fsp3) is 1.00. The molecule has 0 amide bonds. The van der Waals surface area contributed by atoms with Crippen LogP contribution < -0.4 is 0 Å². The van der Waals surface area contributed by atoms with Crippen LogP contribution in [0.15, 0.2) is 0 Å². The molecule has 0 unspecified atom stereocenters.